The maximum absolute atomic E-state index is 5.82. The number of ether oxygens (including phenoxy) is 2. The van der Waals surface area contributed by atoms with Crippen LogP contribution in [0.2, 0.25) is 0 Å². The Hall–Kier alpha value is -1.84. The van der Waals surface area contributed by atoms with E-state index in [2.05, 4.69) is 73.8 Å². The van der Waals surface area contributed by atoms with Gasteiger partial charge in [-0.15, -0.1) is 0 Å². The Bertz CT molecular complexity index is 579. The Morgan fingerprint density at radius 3 is 2.17 bits per heavy atom. The second-order valence-corrected chi connectivity index (χ2v) is 6.58. The van der Waals surface area contributed by atoms with Crippen LogP contribution in [0, 0.1) is 0 Å². The van der Waals surface area contributed by atoms with Gasteiger partial charge in [0.05, 0.1) is 13.2 Å². The van der Waals surface area contributed by atoms with Gasteiger partial charge in [0.2, 0.25) is 0 Å². The van der Waals surface area contributed by atoms with Gasteiger partial charge in [-0.25, -0.2) is 0 Å². The first-order chi connectivity index (χ1) is 11.6. The summed E-state index contributed by atoms with van der Waals surface area (Å²) in [6.45, 7) is 8.13. The maximum Gasteiger partial charge on any atom is 0.137 e. The predicted octanol–water partition coefficient (Wildman–Crippen LogP) is 2.99. The van der Waals surface area contributed by atoms with Gasteiger partial charge < -0.3 is 14.8 Å². The summed E-state index contributed by atoms with van der Waals surface area (Å²) in [5, 5.41) is 2.27. The van der Waals surface area contributed by atoms with E-state index < -0.39 is 0 Å². The molecule has 0 aliphatic heterocycles. The molecule has 0 aliphatic rings. The molecule has 2 rings (SSSR count). The van der Waals surface area contributed by atoms with E-state index in [9.17, 15) is 0 Å². The largest absolute Gasteiger partial charge is 0.488 e. The third-order valence-corrected chi connectivity index (χ3v) is 4.42. The lowest BCUT2D eigenvalue weighted by molar-refractivity contribution is -0.655. The molecule has 0 atom stereocenters. The van der Waals surface area contributed by atoms with E-state index in [1.165, 1.54) is 11.1 Å². The van der Waals surface area contributed by atoms with E-state index in [4.69, 9.17) is 9.47 Å². The highest BCUT2D eigenvalue weighted by Gasteiger charge is 2.22. The molecule has 0 bridgehead atoms. The summed E-state index contributed by atoms with van der Waals surface area (Å²) in [5.74, 6) is 0.938. The van der Waals surface area contributed by atoms with E-state index in [-0.39, 0.29) is 5.41 Å². The van der Waals surface area contributed by atoms with Crippen LogP contribution in [-0.4, -0.2) is 33.4 Å². The summed E-state index contributed by atoms with van der Waals surface area (Å²) in [7, 11) is 1.74. The number of benzene rings is 2. The maximum atomic E-state index is 5.82. The van der Waals surface area contributed by atoms with Crippen LogP contribution in [0.5, 0.6) is 5.75 Å². The van der Waals surface area contributed by atoms with Crippen LogP contribution in [-0.2, 0) is 10.2 Å². The molecule has 2 aromatic rings. The Morgan fingerprint density at radius 2 is 1.50 bits per heavy atom. The number of nitrogens with two attached hydrogens (primary N) is 1. The van der Waals surface area contributed by atoms with Crippen LogP contribution in [0.3, 0.4) is 0 Å². The highest BCUT2D eigenvalue weighted by atomic mass is 16.5. The minimum absolute atomic E-state index is 0.00504. The molecule has 2 aromatic carbocycles. The van der Waals surface area contributed by atoms with Crippen molar-refractivity contribution in [1.82, 2.24) is 0 Å². The van der Waals surface area contributed by atoms with Crippen molar-refractivity contribution in [3.8, 4) is 5.75 Å². The van der Waals surface area contributed by atoms with Gasteiger partial charge in [-0.05, 0) is 23.3 Å². The fourth-order valence-corrected chi connectivity index (χ4v) is 2.77. The fourth-order valence-electron chi connectivity index (χ4n) is 2.77. The van der Waals surface area contributed by atoms with Crippen molar-refractivity contribution in [2.45, 2.75) is 25.7 Å². The predicted molar refractivity (Wildman–Crippen MR) is 98.7 cm³/mol. The lowest BCUT2D eigenvalue weighted by atomic mass is 9.78. The summed E-state index contributed by atoms with van der Waals surface area (Å²) in [5.41, 5.74) is 2.62. The first-order valence-corrected chi connectivity index (χ1v) is 8.74. The molecule has 0 saturated carbocycles. The molecule has 0 radical (unpaired) electrons. The third-order valence-electron chi connectivity index (χ3n) is 4.42. The third kappa shape index (κ3) is 5.36. The summed E-state index contributed by atoms with van der Waals surface area (Å²) in [6, 6.07) is 19.1. The van der Waals surface area contributed by atoms with Gasteiger partial charge in [0.25, 0.3) is 0 Å². The van der Waals surface area contributed by atoms with Gasteiger partial charge in [0.1, 0.15) is 18.9 Å². The second kappa shape index (κ2) is 9.45. The zero-order chi connectivity index (χ0) is 17.3. The van der Waals surface area contributed by atoms with Crippen molar-refractivity contribution in [3.05, 3.63) is 65.7 Å². The second-order valence-electron chi connectivity index (χ2n) is 6.58. The molecule has 0 saturated heterocycles. The summed E-state index contributed by atoms with van der Waals surface area (Å²) >= 11 is 0. The molecular weight excluding hydrogens is 298 g/mol. The Kier molecular flexibility index (Phi) is 7.29. The molecule has 3 heteroatoms. The van der Waals surface area contributed by atoms with E-state index in [0.29, 0.717) is 0 Å². The highest BCUT2D eigenvalue weighted by molar-refractivity contribution is 5.39. The quantitative estimate of drug-likeness (QED) is 0.681. The highest BCUT2D eigenvalue weighted by Crippen LogP contribution is 2.32. The topological polar surface area (TPSA) is 35.1 Å². The lowest BCUT2D eigenvalue weighted by Crippen LogP contribution is -2.85. The standard InChI is InChI=1S/C21H29NO2/c1-21(2,18-8-5-4-6-9-18)19-10-12-20(13-11-19)24-17-15-22-14-7-16-23-3/h4-6,8-13,22H,7,14-17H2,1-3H3/p+1. The van der Waals surface area contributed by atoms with Crippen molar-refractivity contribution in [2.24, 2.45) is 0 Å². The fraction of sp³-hybridized carbons (Fsp3) is 0.429. The van der Waals surface area contributed by atoms with Crippen LogP contribution in [0.4, 0.5) is 0 Å². The summed E-state index contributed by atoms with van der Waals surface area (Å²) in [4.78, 5) is 0. The molecule has 24 heavy (non-hydrogen) atoms. The smallest absolute Gasteiger partial charge is 0.137 e. The summed E-state index contributed by atoms with van der Waals surface area (Å²) in [6.07, 6.45) is 1.08. The Morgan fingerprint density at radius 1 is 0.833 bits per heavy atom. The zero-order valence-electron chi connectivity index (χ0n) is 15.1. The molecule has 130 valence electrons. The number of methoxy groups -OCH3 is 1. The van der Waals surface area contributed by atoms with Gasteiger partial charge in [0, 0.05) is 18.9 Å². The van der Waals surface area contributed by atoms with Crippen molar-refractivity contribution >= 4 is 0 Å². The minimum Gasteiger partial charge on any atom is -0.488 e. The van der Waals surface area contributed by atoms with Gasteiger partial charge in [-0.1, -0.05) is 56.3 Å². The minimum atomic E-state index is -0.00504. The van der Waals surface area contributed by atoms with Crippen LogP contribution >= 0.6 is 0 Å². The first kappa shape index (κ1) is 18.5. The van der Waals surface area contributed by atoms with Crippen molar-refractivity contribution in [3.63, 3.8) is 0 Å². The Balaban J connectivity index is 1.82. The van der Waals surface area contributed by atoms with Crippen LogP contribution in [0.25, 0.3) is 0 Å². The van der Waals surface area contributed by atoms with Gasteiger partial charge in [0.15, 0.2) is 0 Å². The van der Waals surface area contributed by atoms with E-state index in [1.807, 2.05) is 0 Å². The molecule has 0 spiro atoms. The molecule has 0 heterocycles. The normalized spacial score (nSPS) is 11.5. The number of rotatable bonds is 10. The summed E-state index contributed by atoms with van der Waals surface area (Å²) < 4.78 is 10.9. The van der Waals surface area contributed by atoms with Crippen molar-refractivity contribution in [2.75, 3.05) is 33.4 Å². The molecule has 2 N–H and O–H groups in total. The average molecular weight is 328 g/mol. The molecular formula is C21H30NO2+. The van der Waals surface area contributed by atoms with E-state index >= 15 is 0 Å². The molecule has 0 fully saturated rings. The molecule has 0 amide bonds. The van der Waals surface area contributed by atoms with Crippen LogP contribution in [0.15, 0.2) is 54.6 Å². The molecule has 0 aromatic heterocycles. The number of hydrogen-bond acceptors (Lipinski definition) is 2. The zero-order valence-corrected chi connectivity index (χ0v) is 15.1. The number of hydrogen-bond donors (Lipinski definition) is 1. The first-order valence-electron chi connectivity index (χ1n) is 8.74. The van der Waals surface area contributed by atoms with E-state index in [0.717, 1.165) is 38.5 Å². The molecule has 0 unspecified atom stereocenters. The lowest BCUT2D eigenvalue weighted by Gasteiger charge is -2.26. The molecule has 0 aliphatic carbocycles. The monoisotopic (exact) mass is 328 g/mol. The van der Waals surface area contributed by atoms with Crippen molar-refractivity contribution < 1.29 is 14.8 Å². The molecule has 3 nitrogen and oxygen atoms in total. The van der Waals surface area contributed by atoms with Crippen LogP contribution < -0.4 is 10.1 Å². The van der Waals surface area contributed by atoms with Gasteiger partial charge in [-0.3, -0.25) is 0 Å². The van der Waals surface area contributed by atoms with Gasteiger partial charge in [-0.2, -0.15) is 0 Å². The van der Waals surface area contributed by atoms with Crippen molar-refractivity contribution in [1.29, 1.82) is 0 Å². The van der Waals surface area contributed by atoms with Crippen LogP contribution in [0.1, 0.15) is 31.4 Å². The Labute approximate surface area is 146 Å². The van der Waals surface area contributed by atoms with Gasteiger partial charge >= 0.3 is 0 Å². The average Bonchev–Trinajstić information content (AvgIpc) is 2.62. The van der Waals surface area contributed by atoms with E-state index in [1.54, 1.807) is 7.11 Å². The number of quaternary nitrogens is 1. The SMILES string of the molecule is COCCC[NH2+]CCOc1ccc(C(C)(C)c2ccccc2)cc1.